The summed E-state index contributed by atoms with van der Waals surface area (Å²) in [5.74, 6) is 1.55. The van der Waals surface area contributed by atoms with Gasteiger partial charge in [0.05, 0.1) is 0 Å². The summed E-state index contributed by atoms with van der Waals surface area (Å²) >= 11 is 0. The van der Waals surface area contributed by atoms with Gasteiger partial charge in [0.2, 0.25) is 0 Å². The van der Waals surface area contributed by atoms with Gasteiger partial charge in [-0.1, -0.05) is 19.8 Å². The van der Waals surface area contributed by atoms with Crippen molar-refractivity contribution in [2.24, 2.45) is 11.8 Å². The molecule has 0 radical (unpaired) electrons. The van der Waals surface area contributed by atoms with Crippen LogP contribution >= 0.6 is 0 Å². The molecule has 0 aliphatic heterocycles. The highest BCUT2D eigenvalue weighted by Gasteiger charge is 2.21. The predicted molar refractivity (Wildman–Crippen MR) is 38.2 cm³/mol. The molecule has 0 amide bonds. The summed E-state index contributed by atoms with van der Waals surface area (Å²) in [6, 6.07) is 0. The van der Waals surface area contributed by atoms with Crippen molar-refractivity contribution in [3.63, 3.8) is 0 Å². The standard InChI is InChI=1S/C8H16O/c1-2-7-3-4-8(5-7)6-9/h7-9H,2-6H2,1H3/t7-,8-/m0/s1. The molecule has 1 nitrogen and oxygen atoms in total. The lowest BCUT2D eigenvalue weighted by molar-refractivity contribution is 0.226. The molecule has 2 atom stereocenters. The minimum absolute atomic E-state index is 0.413. The second-order valence-electron chi connectivity index (χ2n) is 3.14. The Morgan fingerprint density at radius 3 is 2.33 bits per heavy atom. The van der Waals surface area contributed by atoms with Gasteiger partial charge in [0.25, 0.3) is 0 Å². The highest BCUT2D eigenvalue weighted by Crippen LogP contribution is 2.32. The van der Waals surface area contributed by atoms with Crippen LogP contribution in [-0.4, -0.2) is 11.7 Å². The average Bonchev–Trinajstić information content (AvgIpc) is 2.34. The van der Waals surface area contributed by atoms with Gasteiger partial charge < -0.3 is 5.11 Å². The van der Waals surface area contributed by atoms with E-state index in [0.717, 1.165) is 5.92 Å². The maximum Gasteiger partial charge on any atom is 0.0459 e. The van der Waals surface area contributed by atoms with Crippen LogP contribution in [0.15, 0.2) is 0 Å². The number of aliphatic hydroxyl groups excluding tert-OH is 1. The van der Waals surface area contributed by atoms with Crippen molar-refractivity contribution >= 4 is 0 Å². The molecule has 1 saturated carbocycles. The van der Waals surface area contributed by atoms with Gasteiger partial charge in [-0.05, 0) is 24.7 Å². The Morgan fingerprint density at radius 1 is 1.33 bits per heavy atom. The second-order valence-corrected chi connectivity index (χ2v) is 3.14. The van der Waals surface area contributed by atoms with Gasteiger partial charge in [0.15, 0.2) is 0 Å². The van der Waals surface area contributed by atoms with Crippen LogP contribution in [0.3, 0.4) is 0 Å². The van der Waals surface area contributed by atoms with Crippen molar-refractivity contribution in [3.05, 3.63) is 0 Å². The molecule has 1 fully saturated rings. The molecule has 0 aromatic heterocycles. The number of hydrogen-bond acceptors (Lipinski definition) is 1. The Morgan fingerprint density at radius 2 is 2.00 bits per heavy atom. The maximum absolute atomic E-state index is 8.78. The molecule has 0 aromatic rings. The molecular formula is C8H16O. The van der Waals surface area contributed by atoms with Crippen LogP contribution in [0.4, 0.5) is 0 Å². The molecule has 1 N–H and O–H groups in total. The summed E-state index contributed by atoms with van der Waals surface area (Å²) in [4.78, 5) is 0. The lowest BCUT2D eigenvalue weighted by Gasteiger charge is -2.04. The largest absolute Gasteiger partial charge is 0.396 e. The molecule has 1 heteroatoms. The molecule has 0 aromatic carbocycles. The molecule has 0 unspecified atom stereocenters. The summed E-state index contributed by atoms with van der Waals surface area (Å²) in [7, 11) is 0. The van der Waals surface area contributed by atoms with Crippen molar-refractivity contribution in [1.82, 2.24) is 0 Å². The smallest absolute Gasteiger partial charge is 0.0459 e. The van der Waals surface area contributed by atoms with Gasteiger partial charge >= 0.3 is 0 Å². The first-order valence-electron chi connectivity index (χ1n) is 3.97. The fraction of sp³-hybridized carbons (Fsp3) is 1.00. The quantitative estimate of drug-likeness (QED) is 0.601. The van der Waals surface area contributed by atoms with Crippen LogP contribution in [0, 0.1) is 11.8 Å². The fourth-order valence-corrected chi connectivity index (χ4v) is 1.72. The average molecular weight is 128 g/mol. The molecule has 0 saturated heterocycles. The summed E-state index contributed by atoms with van der Waals surface area (Å²) < 4.78 is 0. The number of aliphatic hydroxyl groups is 1. The van der Waals surface area contributed by atoms with Gasteiger partial charge in [0, 0.05) is 6.61 Å². The molecule has 0 bridgehead atoms. The van der Waals surface area contributed by atoms with Crippen molar-refractivity contribution in [1.29, 1.82) is 0 Å². The maximum atomic E-state index is 8.78. The minimum atomic E-state index is 0.413. The third kappa shape index (κ3) is 1.68. The third-order valence-electron chi connectivity index (χ3n) is 2.49. The zero-order chi connectivity index (χ0) is 6.69. The first-order valence-corrected chi connectivity index (χ1v) is 3.97. The van der Waals surface area contributed by atoms with Crippen LogP contribution < -0.4 is 0 Å². The van der Waals surface area contributed by atoms with E-state index in [1.165, 1.54) is 25.7 Å². The van der Waals surface area contributed by atoms with Crippen LogP contribution in [0.1, 0.15) is 32.6 Å². The zero-order valence-corrected chi connectivity index (χ0v) is 6.14. The van der Waals surface area contributed by atoms with Gasteiger partial charge in [0.1, 0.15) is 0 Å². The Hall–Kier alpha value is -0.0400. The summed E-state index contributed by atoms with van der Waals surface area (Å²) in [5.41, 5.74) is 0. The van der Waals surface area contributed by atoms with E-state index in [1.54, 1.807) is 0 Å². The summed E-state index contributed by atoms with van der Waals surface area (Å²) in [6.45, 7) is 2.65. The van der Waals surface area contributed by atoms with Crippen LogP contribution in [-0.2, 0) is 0 Å². The highest BCUT2D eigenvalue weighted by atomic mass is 16.3. The Labute approximate surface area is 57.1 Å². The third-order valence-corrected chi connectivity index (χ3v) is 2.49. The molecule has 0 heterocycles. The Balaban J connectivity index is 2.20. The minimum Gasteiger partial charge on any atom is -0.396 e. The zero-order valence-electron chi connectivity index (χ0n) is 6.14. The molecule has 1 aliphatic carbocycles. The van der Waals surface area contributed by atoms with E-state index in [2.05, 4.69) is 6.92 Å². The second kappa shape index (κ2) is 3.21. The number of rotatable bonds is 2. The van der Waals surface area contributed by atoms with Crippen LogP contribution in [0.2, 0.25) is 0 Å². The fourth-order valence-electron chi connectivity index (χ4n) is 1.72. The topological polar surface area (TPSA) is 20.2 Å². The molecule has 1 rings (SSSR count). The van der Waals surface area contributed by atoms with E-state index >= 15 is 0 Å². The van der Waals surface area contributed by atoms with E-state index in [1.807, 2.05) is 0 Å². The van der Waals surface area contributed by atoms with Crippen molar-refractivity contribution in [3.8, 4) is 0 Å². The molecule has 1 aliphatic rings. The first-order chi connectivity index (χ1) is 4.36. The van der Waals surface area contributed by atoms with Crippen molar-refractivity contribution in [2.45, 2.75) is 32.6 Å². The van der Waals surface area contributed by atoms with Crippen LogP contribution in [0.25, 0.3) is 0 Å². The summed E-state index contributed by atoms with van der Waals surface area (Å²) in [6.07, 6.45) is 5.18. The monoisotopic (exact) mass is 128 g/mol. The summed E-state index contributed by atoms with van der Waals surface area (Å²) in [5, 5.41) is 8.78. The van der Waals surface area contributed by atoms with E-state index in [0.29, 0.717) is 12.5 Å². The first kappa shape index (κ1) is 7.07. The Kier molecular flexibility index (Phi) is 2.52. The molecule has 0 spiro atoms. The lowest BCUT2D eigenvalue weighted by Crippen LogP contribution is -2.00. The lowest BCUT2D eigenvalue weighted by atomic mass is 10.0. The Bertz CT molecular complexity index is 70.6. The SMILES string of the molecule is CC[C@H]1CC[C@H](CO)C1. The van der Waals surface area contributed by atoms with Gasteiger partial charge in [-0.2, -0.15) is 0 Å². The predicted octanol–water partition coefficient (Wildman–Crippen LogP) is 1.80. The normalized spacial score (nSPS) is 35.3. The van der Waals surface area contributed by atoms with E-state index in [4.69, 9.17) is 5.11 Å². The van der Waals surface area contributed by atoms with Crippen molar-refractivity contribution < 1.29 is 5.11 Å². The van der Waals surface area contributed by atoms with Gasteiger partial charge in [-0.25, -0.2) is 0 Å². The van der Waals surface area contributed by atoms with E-state index < -0.39 is 0 Å². The van der Waals surface area contributed by atoms with Gasteiger partial charge in [-0.3, -0.25) is 0 Å². The molecule has 9 heavy (non-hydrogen) atoms. The van der Waals surface area contributed by atoms with Crippen molar-refractivity contribution in [2.75, 3.05) is 6.61 Å². The number of hydrogen-bond donors (Lipinski definition) is 1. The highest BCUT2D eigenvalue weighted by molar-refractivity contribution is 4.73. The van der Waals surface area contributed by atoms with E-state index in [9.17, 15) is 0 Å². The van der Waals surface area contributed by atoms with E-state index in [-0.39, 0.29) is 0 Å². The van der Waals surface area contributed by atoms with Crippen LogP contribution in [0.5, 0.6) is 0 Å². The van der Waals surface area contributed by atoms with Gasteiger partial charge in [-0.15, -0.1) is 0 Å². The molecule has 54 valence electrons. The molecular weight excluding hydrogens is 112 g/mol.